The quantitative estimate of drug-likeness (QED) is 0.685. The average molecular weight is 290 g/mol. The average Bonchev–Trinajstić information content (AvgIpc) is 2.40. The summed E-state index contributed by atoms with van der Waals surface area (Å²) in [4.78, 5) is 10.5. The van der Waals surface area contributed by atoms with Crippen LogP contribution >= 0.6 is 0 Å². The van der Waals surface area contributed by atoms with Gasteiger partial charge in [0.25, 0.3) is 0 Å². The second kappa shape index (κ2) is 5.88. The number of aryl methyl sites for hydroxylation is 1. The summed E-state index contributed by atoms with van der Waals surface area (Å²) in [5, 5.41) is 11.0. The third-order valence-corrected chi connectivity index (χ3v) is 2.99. The molecular formula is C15H15FN2O3. The molecule has 21 heavy (non-hydrogen) atoms. The zero-order valence-electron chi connectivity index (χ0n) is 11.7. The smallest absolute Gasteiger partial charge is 0.311 e. The van der Waals surface area contributed by atoms with Gasteiger partial charge in [-0.05, 0) is 43.7 Å². The minimum absolute atomic E-state index is 0.105. The first kappa shape index (κ1) is 14.9. The highest BCUT2D eigenvalue weighted by Crippen LogP contribution is 2.35. The molecule has 0 aliphatic rings. The molecule has 0 saturated heterocycles. The molecule has 0 spiro atoms. The zero-order valence-corrected chi connectivity index (χ0v) is 11.7. The van der Waals surface area contributed by atoms with Gasteiger partial charge in [-0.25, -0.2) is 4.39 Å². The Bertz CT molecular complexity index is 687. The van der Waals surface area contributed by atoms with Crippen molar-refractivity contribution in [3.8, 4) is 11.5 Å². The zero-order chi connectivity index (χ0) is 15.6. The van der Waals surface area contributed by atoms with Crippen molar-refractivity contribution in [3.05, 3.63) is 63.5 Å². The van der Waals surface area contributed by atoms with E-state index in [-0.39, 0.29) is 11.4 Å². The van der Waals surface area contributed by atoms with Crippen LogP contribution in [-0.2, 0) is 0 Å². The number of rotatable bonds is 4. The van der Waals surface area contributed by atoms with Gasteiger partial charge in [0, 0.05) is 17.7 Å². The Morgan fingerprint density at radius 1 is 1.24 bits per heavy atom. The molecule has 2 aromatic rings. The second-order valence-corrected chi connectivity index (χ2v) is 4.80. The number of nitro benzene ring substituents is 1. The van der Waals surface area contributed by atoms with E-state index in [1.807, 2.05) is 0 Å². The van der Waals surface area contributed by atoms with Gasteiger partial charge in [-0.1, -0.05) is 6.07 Å². The Kier molecular flexibility index (Phi) is 4.18. The van der Waals surface area contributed by atoms with Gasteiger partial charge in [-0.15, -0.1) is 0 Å². The van der Waals surface area contributed by atoms with Crippen molar-refractivity contribution < 1.29 is 14.1 Å². The minimum atomic E-state index is -0.524. The first-order chi connectivity index (χ1) is 9.88. The number of hydrogen-bond acceptors (Lipinski definition) is 4. The van der Waals surface area contributed by atoms with Crippen LogP contribution in [0.25, 0.3) is 0 Å². The van der Waals surface area contributed by atoms with Gasteiger partial charge in [-0.3, -0.25) is 10.1 Å². The summed E-state index contributed by atoms with van der Waals surface area (Å²) < 4.78 is 18.9. The van der Waals surface area contributed by atoms with Crippen LogP contribution in [0.1, 0.15) is 24.1 Å². The summed E-state index contributed by atoms with van der Waals surface area (Å²) in [6.45, 7) is 3.49. The van der Waals surface area contributed by atoms with Crippen molar-refractivity contribution in [1.29, 1.82) is 0 Å². The van der Waals surface area contributed by atoms with E-state index < -0.39 is 16.8 Å². The number of benzene rings is 2. The molecule has 0 heterocycles. The van der Waals surface area contributed by atoms with Crippen molar-refractivity contribution in [1.82, 2.24) is 0 Å². The molecule has 0 fully saturated rings. The minimum Gasteiger partial charge on any atom is -0.450 e. The van der Waals surface area contributed by atoms with Crippen molar-refractivity contribution in [3.63, 3.8) is 0 Å². The van der Waals surface area contributed by atoms with Crippen molar-refractivity contribution in [2.24, 2.45) is 5.73 Å². The van der Waals surface area contributed by atoms with Crippen LogP contribution in [0.4, 0.5) is 10.1 Å². The van der Waals surface area contributed by atoms with E-state index in [1.165, 1.54) is 24.3 Å². The topological polar surface area (TPSA) is 78.4 Å². The van der Waals surface area contributed by atoms with Crippen LogP contribution in [0, 0.1) is 22.9 Å². The Hall–Kier alpha value is -2.47. The number of ether oxygens (including phenoxy) is 1. The lowest BCUT2D eigenvalue weighted by atomic mass is 10.1. The molecule has 0 aliphatic carbocycles. The van der Waals surface area contributed by atoms with Crippen molar-refractivity contribution >= 4 is 5.69 Å². The molecule has 2 aromatic carbocycles. The first-order valence-corrected chi connectivity index (χ1v) is 6.36. The number of nitrogens with zero attached hydrogens (tertiary/aromatic N) is 1. The van der Waals surface area contributed by atoms with E-state index in [4.69, 9.17) is 10.5 Å². The second-order valence-electron chi connectivity index (χ2n) is 4.80. The highest BCUT2D eigenvalue weighted by Gasteiger charge is 2.18. The van der Waals surface area contributed by atoms with E-state index in [0.29, 0.717) is 11.3 Å². The van der Waals surface area contributed by atoms with E-state index in [1.54, 1.807) is 26.0 Å². The maximum atomic E-state index is 13.3. The highest BCUT2D eigenvalue weighted by molar-refractivity contribution is 5.51. The largest absolute Gasteiger partial charge is 0.450 e. The Morgan fingerprint density at radius 3 is 2.57 bits per heavy atom. The van der Waals surface area contributed by atoms with Gasteiger partial charge >= 0.3 is 5.69 Å². The lowest BCUT2D eigenvalue weighted by Gasteiger charge is -2.14. The fourth-order valence-electron chi connectivity index (χ4n) is 1.94. The molecular weight excluding hydrogens is 275 g/mol. The van der Waals surface area contributed by atoms with Crippen LogP contribution in [0.5, 0.6) is 11.5 Å². The van der Waals surface area contributed by atoms with Gasteiger partial charge in [0.15, 0.2) is 0 Å². The molecule has 0 aliphatic heterocycles. The number of nitro groups is 1. The standard InChI is InChI=1S/C15H15FN2O3/c1-9-3-5-13(18(19)20)15(7-9)21-14-6-4-11(16)8-12(14)10(2)17/h3-8,10H,17H2,1-2H3/t10-/m0/s1. The van der Waals surface area contributed by atoms with Crippen LogP contribution in [0.2, 0.25) is 0 Å². The van der Waals surface area contributed by atoms with Crippen LogP contribution < -0.4 is 10.5 Å². The normalized spacial score (nSPS) is 12.0. The molecule has 1 atom stereocenters. The van der Waals surface area contributed by atoms with Gasteiger partial charge in [0.2, 0.25) is 5.75 Å². The molecule has 110 valence electrons. The first-order valence-electron chi connectivity index (χ1n) is 6.36. The fraction of sp³-hybridized carbons (Fsp3) is 0.200. The molecule has 5 nitrogen and oxygen atoms in total. The predicted molar refractivity (Wildman–Crippen MR) is 76.9 cm³/mol. The lowest BCUT2D eigenvalue weighted by Crippen LogP contribution is -2.07. The predicted octanol–water partition coefficient (Wildman–Crippen LogP) is 3.85. The molecule has 2 rings (SSSR count). The van der Waals surface area contributed by atoms with Gasteiger partial charge in [0.1, 0.15) is 11.6 Å². The van der Waals surface area contributed by atoms with E-state index >= 15 is 0 Å². The van der Waals surface area contributed by atoms with Crippen LogP contribution in [-0.4, -0.2) is 4.92 Å². The summed E-state index contributed by atoms with van der Waals surface area (Å²) in [5.74, 6) is -0.0259. The molecule has 0 saturated carbocycles. The maximum Gasteiger partial charge on any atom is 0.311 e. The lowest BCUT2D eigenvalue weighted by molar-refractivity contribution is -0.385. The molecule has 0 unspecified atom stereocenters. The van der Waals surface area contributed by atoms with E-state index in [0.717, 1.165) is 5.56 Å². The monoisotopic (exact) mass is 290 g/mol. The molecule has 0 radical (unpaired) electrons. The Balaban J connectivity index is 2.47. The molecule has 2 N–H and O–H groups in total. The summed E-state index contributed by atoms with van der Waals surface area (Å²) in [6.07, 6.45) is 0. The van der Waals surface area contributed by atoms with E-state index in [2.05, 4.69) is 0 Å². The Labute approximate surface area is 121 Å². The van der Waals surface area contributed by atoms with Gasteiger partial charge in [-0.2, -0.15) is 0 Å². The number of hydrogen-bond donors (Lipinski definition) is 1. The summed E-state index contributed by atoms with van der Waals surface area (Å²) in [5.41, 5.74) is 6.90. The van der Waals surface area contributed by atoms with Gasteiger partial charge in [0.05, 0.1) is 4.92 Å². The number of halogens is 1. The summed E-state index contributed by atoms with van der Waals surface area (Å²) >= 11 is 0. The molecule has 0 aromatic heterocycles. The number of nitrogens with two attached hydrogens (primary N) is 1. The van der Waals surface area contributed by atoms with Crippen LogP contribution in [0.15, 0.2) is 36.4 Å². The van der Waals surface area contributed by atoms with Crippen LogP contribution in [0.3, 0.4) is 0 Å². The Morgan fingerprint density at radius 2 is 1.95 bits per heavy atom. The van der Waals surface area contributed by atoms with Crippen molar-refractivity contribution in [2.75, 3.05) is 0 Å². The molecule has 0 amide bonds. The fourth-order valence-corrected chi connectivity index (χ4v) is 1.94. The van der Waals surface area contributed by atoms with Gasteiger partial charge < -0.3 is 10.5 Å². The molecule has 0 bridgehead atoms. The van der Waals surface area contributed by atoms with Crippen molar-refractivity contribution in [2.45, 2.75) is 19.9 Å². The highest BCUT2D eigenvalue weighted by atomic mass is 19.1. The summed E-state index contributed by atoms with van der Waals surface area (Å²) in [6, 6.07) is 8.01. The van der Waals surface area contributed by atoms with E-state index in [9.17, 15) is 14.5 Å². The summed E-state index contributed by atoms with van der Waals surface area (Å²) in [7, 11) is 0. The third kappa shape index (κ3) is 3.35. The third-order valence-electron chi connectivity index (χ3n) is 2.99. The molecule has 6 heteroatoms. The maximum absolute atomic E-state index is 13.3. The SMILES string of the molecule is Cc1ccc([N+](=O)[O-])c(Oc2ccc(F)cc2[C@H](C)N)c1.